The number of thiazole rings is 1. The minimum absolute atomic E-state index is 0.143. The first-order valence-electron chi connectivity index (χ1n) is 9.14. The van der Waals surface area contributed by atoms with Crippen LogP contribution in [0.2, 0.25) is 5.02 Å². The minimum atomic E-state index is -0.199. The molecule has 7 nitrogen and oxygen atoms in total. The van der Waals surface area contributed by atoms with E-state index in [0.29, 0.717) is 28.7 Å². The van der Waals surface area contributed by atoms with Crippen molar-refractivity contribution in [2.75, 3.05) is 5.32 Å². The lowest BCUT2D eigenvalue weighted by Gasteiger charge is -2.12. The van der Waals surface area contributed by atoms with Gasteiger partial charge >= 0.3 is 0 Å². The number of ether oxygens (including phenoxy) is 1. The van der Waals surface area contributed by atoms with Crippen molar-refractivity contribution in [1.29, 1.82) is 0 Å². The van der Waals surface area contributed by atoms with Gasteiger partial charge < -0.3 is 10.1 Å². The summed E-state index contributed by atoms with van der Waals surface area (Å²) in [6.45, 7) is 2.39. The van der Waals surface area contributed by atoms with Crippen molar-refractivity contribution in [2.24, 2.45) is 0 Å². The van der Waals surface area contributed by atoms with Crippen LogP contribution in [0.4, 0.5) is 5.69 Å². The molecule has 0 unspecified atom stereocenters. The van der Waals surface area contributed by atoms with E-state index < -0.39 is 0 Å². The average molecular weight is 440 g/mol. The third-order valence-corrected chi connectivity index (χ3v) is 5.41. The van der Waals surface area contributed by atoms with E-state index in [1.807, 2.05) is 36.6 Å². The number of benzene rings is 2. The second-order valence-electron chi connectivity index (χ2n) is 6.54. The molecule has 0 aliphatic rings. The fourth-order valence-electron chi connectivity index (χ4n) is 2.81. The van der Waals surface area contributed by atoms with Crippen LogP contribution in [0.3, 0.4) is 0 Å². The highest BCUT2D eigenvalue weighted by Gasteiger charge is 2.14. The Morgan fingerprint density at radius 2 is 2.07 bits per heavy atom. The number of anilines is 1. The van der Waals surface area contributed by atoms with E-state index in [2.05, 4.69) is 20.4 Å². The Hall–Kier alpha value is -3.23. The summed E-state index contributed by atoms with van der Waals surface area (Å²) in [5.41, 5.74) is 2.98. The molecular formula is C21H18ClN5O2S. The van der Waals surface area contributed by atoms with E-state index in [-0.39, 0.29) is 12.3 Å². The number of hydrogen-bond acceptors (Lipinski definition) is 6. The maximum atomic E-state index is 12.6. The molecule has 0 bridgehead atoms. The van der Waals surface area contributed by atoms with Crippen LogP contribution in [0, 0.1) is 6.92 Å². The topological polar surface area (TPSA) is 81.9 Å². The Bertz CT molecular complexity index is 1140. The highest BCUT2D eigenvalue weighted by Crippen LogP contribution is 2.28. The zero-order valence-corrected chi connectivity index (χ0v) is 17.7. The molecule has 0 saturated carbocycles. The summed E-state index contributed by atoms with van der Waals surface area (Å²) in [5.74, 6) is 0.589. The molecule has 2 heterocycles. The maximum Gasteiger partial charge on any atom is 0.230 e. The molecule has 2 aromatic heterocycles. The number of carbonyl (C=O) groups excluding carboxylic acids is 1. The van der Waals surface area contributed by atoms with Gasteiger partial charge in [-0.25, -0.2) is 14.6 Å². The van der Waals surface area contributed by atoms with Crippen LogP contribution >= 0.6 is 22.9 Å². The summed E-state index contributed by atoms with van der Waals surface area (Å²) in [4.78, 5) is 21.0. The van der Waals surface area contributed by atoms with Crippen LogP contribution in [-0.2, 0) is 17.8 Å². The molecule has 0 atom stereocenters. The van der Waals surface area contributed by atoms with Crippen LogP contribution in [0.1, 0.15) is 16.3 Å². The van der Waals surface area contributed by atoms with Crippen LogP contribution < -0.4 is 10.1 Å². The Morgan fingerprint density at radius 1 is 1.23 bits per heavy atom. The Morgan fingerprint density at radius 3 is 2.83 bits per heavy atom. The monoisotopic (exact) mass is 439 g/mol. The number of rotatable bonds is 7. The molecule has 1 N–H and O–H groups in total. The molecule has 1 amide bonds. The van der Waals surface area contributed by atoms with Crippen molar-refractivity contribution in [3.05, 3.63) is 81.8 Å². The van der Waals surface area contributed by atoms with Gasteiger partial charge in [0.15, 0.2) is 0 Å². The molecule has 9 heteroatoms. The van der Waals surface area contributed by atoms with Crippen LogP contribution in [-0.4, -0.2) is 25.7 Å². The molecule has 2 aromatic carbocycles. The number of hydrogen-bond donors (Lipinski definition) is 1. The SMILES string of the molecule is Cc1ccc(OCc2nc(CC(=O)Nc3cccc(Cl)c3-n3cncn3)cs2)cc1. The van der Waals surface area contributed by atoms with Gasteiger partial charge in [0.2, 0.25) is 5.91 Å². The van der Waals surface area contributed by atoms with E-state index in [1.54, 1.807) is 18.2 Å². The van der Waals surface area contributed by atoms with E-state index in [0.717, 1.165) is 10.8 Å². The van der Waals surface area contributed by atoms with E-state index in [1.165, 1.54) is 34.2 Å². The number of amides is 1. The molecule has 0 aliphatic heterocycles. The van der Waals surface area contributed by atoms with Crippen molar-refractivity contribution in [1.82, 2.24) is 19.7 Å². The Labute approximate surface area is 182 Å². The molecule has 0 aliphatic carbocycles. The summed E-state index contributed by atoms with van der Waals surface area (Å²) in [7, 11) is 0. The predicted octanol–water partition coefficient (Wildman–Crippen LogP) is 4.45. The second kappa shape index (κ2) is 9.06. The zero-order valence-electron chi connectivity index (χ0n) is 16.1. The summed E-state index contributed by atoms with van der Waals surface area (Å²) in [6.07, 6.45) is 3.08. The molecule has 0 spiro atoms. The Balaban J connectivity index is 1.38. The van der Waals surface area contributed by atoms with E-state index in [4.69, 9.17) is 16.3 Å². The molecular weight excluding hydrogens is 422 g/mol. The first-order chi connectivity index (χ1) is 14.6. The van der Waals surface area contributed by atoms with Gasteiger partial charge in [-0.2, -0.15) is 5.10 Å². The highest BCUT2D eigenvalue weighted by molar-refractivity contribution is 7.09. The lowest BCUT2D eigenvalue weighted by atomic mass is 10.2. The van der Waals surface area contributed by atoms with Gasteiger partial charge in [-0.05, 0) is 31.2 Å². The number of aryl methyl sites for hydroxylation is 1. The number of nitrogens with one attached hydrogen (secondary N) is 1. The number of halogens is 1. The maximum absolute atomic E-state index is 12.6. The number of aromatic nitrogens is 4. The minimum Gasteiger partial charge on any atom is -0.486 e. The van der Waals surface area contributed by atoms with E-state index in [9.17, 15) is 4.79 Å². The molecule has 4 aromatic rings. The quantitative estimate of drug-likeness (QED) is 0.460. The first kappa shape index (κ1) is 20.1. The van der Waals surface area contributed by atoms with Crippen molar-refractivity contribution in [2.45, 2.75) is 20.0 Å². The Kier molecular flexibility index (Phi) is 6.06. The molecule has 30 heavy (non-hydrogen) atoms. The standard InChI is InChI=1S/C21H18ClN5O2S/c1-14-5-7-16(8-6-14)29-10-20-25-15(11-30-20)9-19(28)26-18-4-2-3-17(22)21(18)27-13-23-12-24-27/h2-8,11-13H,9-10H2,1H3,(H,26,28). The fraction of sp³-hybridized carbons (Fsp3) is 0.143. The highest BCUT2D eigenvalue weighted by atomic mass is 35.5. The third kappa shape index (κ3) is 4.84. The van der Waals surface area contributed by atoms with Gasteiger partial charge in [-0.1, -0.05) is 35.4 Å². The largest absolute Gasteiger partial charge is 0.486 e. The molecule has 4 rings (SSSR count). The first-order valence-corrected chi connectivity index (χ1v) is 10.4. The molecule has 0 saturated heterocycles. The zero-order chi connectivity index (χ0) is 20.9. The van der Waals surface area contributed by atoms with E-state index >= 15 is 0 Å². The van der Waals surface area contributed by atoms with Crippen molar-refractivity contribution in [3.8, 4) is 11.4 Å². The van der Waals surface area contributed by atoms with Crippen LogP contribution in [0.5, 0.6) is 5.75 Å². The van der Waals surface area contributed by atoms with Crippen LogP contribution in [0.15, 0.2) is 60.5 Å². The summed E-state index contributed by atoms with van der Waals surface area (Å²) < 4.78 is 7.26. The van der Waals surface area contributed by atoms with Crippen molar-refractivity contribution < 1.29 is 9.53 Å². The van der Waals surface area contributed by atoms with Gasteiger partial charge in [0.1, 0.15) is 35.7 Å². The molecule has 152 valence electrons. The van der Waals surface area contributed by atoms with Gasteiger partial charge in [-0.15, -0.1) is 11.3 Å². The number of para-hydroxylation sites is 1. The predicted molar refractivity (Wildman–Crippen MR) is 116 cm³/mol. The fourth-order valence-corrected chi connectivity index (χ4v) is 3.77. The second-order valence-corrected chi connectivity index (χ2v) is 7.89. The van der Waals surface area contributed by atoms with Crippen molar-refractivity contribution >= 4 is 34.5 Å². The van der Waals surface area contributed by atoms with Gasteiger partial charge in [0, 0.05) is 5.38 Å². The lowest BCUT2D eigenvalue weighted by molar-refractivity contribution is -0.115. The summed E-state index contributed by atoms with van der Waals surface area (Å²) in [6, 6.07) is 13.1. The average Bonchev–Trinajstić information content (AvgIpc) is 3.40. The molecule has 0 radical (unpaired) electrons. The summed E-state index contributed by atoms with van der Waals surface area (Å²) in [5, 5.41) is 10.1. The van der Waals surface area contributed by atoms with Crippen LogP contribution in [0.25, 0.3) is 5.69 Å². The normalized spacial score (nSPS) is 10.7. The van der Waals surface area contributed by atoms with Gasteiger partial charge in [0.05, 0.1) is 22.8 Å². The van der Waals surface area contributed by atoms with Crippen molar-refractivity contribution in [3.63, 3.8) is 0 Å². The van der Waals surface area contributed by atoms with Gasteiger partial charge in [-0.3, -0.25) is 4.79 Å². The summed E-state index contributed by atoms with van der Waals surface area (Å²) >= 11 is 7.76. The lowest BCUT2D eigenvalue weighted by Crippen LogP contribution is -2.16. The van der Waals surface area contributed by atoms with Gasteiger partial charge in [0.25, 0.3) is 0 Å². The molecule has 0 fully saturated rings. The third-order valence-electron chi connectivity index (χ3n) is 4.23. The number of nitrogens with zero attached hydrogens (tertiary/aromatic N) is 4. The smallest absolute Gasteiger partial charge is 0.230 e. The number of carbonyl (C=O) groups is 1.